The number of aliphatic hydroxyl groups excluding tert-OH is 1. The van der Waals surface area contributed by atoms with Crippen LogP contribution in [0.4, 0.5) is 31.4 Å². The highest BCUT2D eigenvalue weighted by Crippen LogP contribution is 2.39. The second kappa shape index (κ2) is 48.5. The lowest BCUT2D eigenvalue weighted by Gasteiger charge is -2.22. The first kappa shape index (κ1) is 93.5. The van der Waals surface area contributed by atoms with E-state index in [9.17, 15) is 63.9 Å². The molecule has 0 aliphatic carbocycles. The van der Waals surface area contributed by atoms with Crippen LogP contribution in [0.1, 0.15) is 85.9 Å². The number of halogens is 1. The van der Waals surface area contributed by atoms with Crippen molar-refractivity contribution < 1.29 is 124 Å². The topological polar surface area (TPSA) is 444 Å². The lowest BCUT2D eigenvalue weighted by atomic mass is 10.2. The van der Waals surface area contributed by atoms with Gasteiger partial charge in [0.15, 0.2) is 34.5 Å². The molecule has 0 radical (unpaired) electrons. The summed E-state index contributed by atoms with van der Waals surface area (Å²) < 4.78 is 77.6. The van der Waals surface area contributed by atoms with Gasteiger partial charge in [0.2, 0.25) is 0 Å². The van der Waals surface area contributed by atoms with E-state index in [1.165, 1.54) is 121 Å². The molecule has 2 unspecified atom stereocenters. The minimum Gasteiger partial charge on any atom is -0.493 e. The summed E-state index contributed by atoms with van der Waals surface area (Å²) in [6.45, 7) is 21.3. The lowest BCUT2D eigenvalue weighted by Crippen LogP contribution is -2.45. The molecule has 0 aliphatic rings. The number of nitro benzene ring substituents is 3. The maximum atomic E-state index is 12.1. The highest BCUT2D eigenvalue weighted by molar-refractivity contribution is 9.09. The number of nitro groups is 3. The predicted molar refractivity (Wildman–Crippen MR) is 388 cm³/mol. The molecule has 584 valence electrons. The molecule has 3 aromatic rings. The molecule has 0 spiro atoms. The molecule has 3 atom stereocenters. The Balaban J connectivity index is 0.000000785. The smallest absolute Gasteiger partial charge is 0.408 e. The van der Waals surface area contributed by atoms with Gasteiger partial charge in [-0.2, -0.15) is 35.3 Å². The third-order valence-corrected chi connectivity index (χ3v) is 15.8. The summed E-state index contributed by atoms with van der Waals surface area (Å²) in [7, 11) is 7.84. The van der Waals surface area contributed by atoms with Crippen LogP contribution in [0.25, 0.3) is 0 Å². The van der Waals surface area contributed by atoms with Gasteiger partial charge in [0.05, 0.1) is 115 Å². The molecular weight excluding hydrogens is 1500 g/mol. The molecule has 0 saturated heterocycles. The molecule has 3 aromatic carbocycles. The maximum Gasteiger partial charge on any atom is 0.408 e. The molecule has 4 N–H and O–H groups in total. The Morgan fingerprint density at radius 1 is 0.471 bits per heavy atom. The first-order valence-corrected chi connectivity index (χ1v) is 36.0. The minimum atomic E-state index is -1.03. The SMILES string of the molecule is C=C(C)C(=O)OCCOCCOc1cc([N+](=O)[O-])c(CSCC(NC(=O)OC(C)(C)C)C(=O)OC)cc1OC.COC(=O)C(CSCc1cc(OC)c(OCCBr)cc1[N+](=O)[O-])NC(=O)OC(C)(C)C.COC(=O)[C@H](CSCc1cc(OC)c(OCCOCCO)cc1[N+](=O)[O-])NC(=O)OC(C)(C)C. The maximum absolute atomic E-state index is 12.1. The summed E-state index contributed by atoms with van der Waals surface area (Å²) >= 11 is 6.81. The molecule has 0 aromatic heterocycles. The van der Waals surface area contributed by atoms with Crippen molar-refractivity contribution in [3.05, 3.63) is 95.6 Å². The molecule has 35 nitrogen and oxygen atoms in total. The van der Waals surface area contributed by atoms with E-state index in [-0.39, 0.29) is 133 Å². The number of ether oxygens (including phenoxy) is 15. The minimum absolute atomic E-state index is 0.0526. The number of benzene rings is 3. The van der Waals surface area contributed by atoms with Crippen LogP contribution in [-0.4, -0.2) is 222 Å². The van der Waals surface area contributed by atoms with E-state index in [0.29, 0.717) is 40.1 Å². The van der Waals surface area contributed by atoms with Gasteiger partial charge in [-0.15, -0.1) is 0 Å². The van der Waals surface area contributed by atoms with Crippen molar-refractivity contribution in [1.82, 2.24) is 16.0 Å². The summed E-state index contributed by atoms with van der Waals surface area (Å²) in [6.07, 6.45) is -2.32. The number of carbonyl (C=O) groups excluding carboxylic acids is 7. The van der Waals surface area contributed by atoms with Gasteiger partial charge in [0.25, 0.3) is 17.1 Å². The van der Waals surface area contributed by atoms with Crippen molar-refractivity contribution in [2.75, 3.05) is 125 Å². The fourth-order valence-corrected chi connectivity index (χ4v) is 11.0. The van der Waals surface area contributed by atoms with Gasteiger partial charge in [-0.05, 0) is 87.4 Å². The van der Waals surface area contributed by atoms with Crippen LogP contribution in [-0.2, 0) is 79.1 Å². The summed E-state index contributed by atoms with van der Waals surface area (Å²) in [5, 5.41) is 51.5. The Kier molecular flexibility index (Phi) is 43.6. The number of rotatable bonds is 41. The first-order valence-electron chi connectivity index (χ1n) is 31.4. The number of nitrogens with zero attached hydrogens (tertiary/aromatic N) is 3. The van der Waals surface area contributed by atoms with Gasteiger partial charge >= 0.3 is 42.2 Å². The van der Waals surface area contributed by atoms with Gasteiger partial charge in [-0.1, -0.05) is 22.5 Å². The standard InChI is InChI=1S/C25H36N2O11S.C21H32N2O10S.C19H27BrN2O8S/c1-16(2)22(28)37-11-9-35-8-10-36-21-13-19(27(31)32)17(12-20(21)33-6)14-39-15-18(23(29)34-7)26-24(30)38-25(3,4)5;1-21(2,3)33-20(26)22-15(19(25)30-5)13-34-12-14-10-17(29-4)18(11-16(14)23(27)28)32-9-8-31-7-6-24;1-19(2,3)30-18(24)21-13(17(23)28-5)11-31-10-12-8-15(27-4)16(29-7-6-20)9-14(12)22(25)26/h12-13,18H,1,8-11,14-15H2,2-7H3,(H,26,30);10-11,15,24H,6-9,12-13H2,1-5H3,(H,22,26);8-9,13H,6-7,10-11H2,1-5H3,(H,21,24)/t;15-;/m.0./s1. The van der Waals surface area contributed by atoms with E-state index in [0.717, 1.165) is 0 Å². The second-order valence-corrected chi connectivity index (χ2v) is 27.9. The Labute approximate surface area is 623 Å². The number of esters is 4. The van der Waals surface area contributed by atoms with E-state index in [2.05, 4.69) is 38.5 Å². The number of methoxy groups -OCH3 is 6. The number of alkyl carbamates (subject to hydrolysis) is 3. The van der Waals surface area contributed by atoms with Gasteiger partial charge in [0, 0.05) is 62.1 Å². The number of hydrogen-bond acceptors (Lipinski definition) is 32. The molecule has 39 heteroatoms. The average molecular weight is 1600 g/mol. The van der Waals surface area contributed by atoms with E-state index >= 15 is 0 Å². The Hall–Kier alpha value is -8.50. The summed E-state index contributed by atoms with van der Waals surface area (Å²) in [6, 6.07) is 5.31. The van der Waals surface area contributed by atoms with Crippen LogP contribution in [0, 0.1) is 30.3 Å². The Morgan fingerprint density at radius 3 is 1.01 bits per heavy atom. The number of alkyl halides is 1. The number of amides is 3. The lowest BCUT2D eigenvalue weighted by molar-refractivity contribution is -0.385. The largest absolute Gasteiger partial charge is 0.493 e. The summed E-state index contributed by atoms with van der Waals surface area (Å²) in [4.78, 5) is 117. The van der Waals surface area contributed by atoms with Crippen LogP contribution in [0.15, 0.2) is 48.6 Å². The summed E-state index contributed by atoms with van der Waals surface area (Å²) in [5.74, 6) is -0.256. The quantitative estimate of drug-likeness (QED) is 0.00781. The zero-order valence-electron chi connectivity index (χ0n) is 61.0. The zero-order chi connectivity index (χ0) is 78.9. The van der Waals surface area contributed by atoms with Crippen LogP contribution in [0.2, 0.25) is 0 Å². The Morgan fingerprint density at radius 2 is 0.760 bits per heavy atom. The van der Waals surface area contributed by atoms with Crippen molar-refractivity contribution in [3.63, 3.8) is 0 Å². The monoisotopic (exact) mass is 1600 g/mol. The fraction of sp³-hybridized carbons (Fsp3) is 0.585. The molecule has 3 amide bonds. The Bertz CT molecular complexity index is 3310. The number of nitrogens with one attached hydrogen (secondary N) is 3. The molecule has 0 heterocycles. The second-order valence-electron chi connectivity index (χ2n) is 24.0. The van der Waals surface area contributed by atoms with Gasteiger partial charge < -0.3 is 92.1 Å². The molecule has 0 aliphatic heterocycles. The van der Waals surface area contributed by atoms with Crippen molar-refractivity contribution in [1.29, 1.82) is 0 Å². The zero-order valence-corrected chi connectivity index (χ0v) is 65.1. The number of carbonyl (C=O) groups is 7. The third-order valence-electron chi connectivity index (χ3n) is 12.2. The molecule has 0 fully saturated rings. The van der Waals surface area contributed by atoms with Crippen molar-refractivity contribution in [3.8, 4) is 34.5 Å². The van der Waals surface area contributed by atoms with Gasteiger partial charge in [-0.3, -0.25) is 30.3 Å². The van der Waals surface area contributed by atoms with Crippen LogP contribution < -0.4 is 44.4 Å². The van der Waals surface area contributed by atoms with E-state index < -0.39 is 91.9 Å². The summed E-state index contributed by atoms with van der Waals surface area (Å²) in [5.41, 5.74) is -1.42. The highest BCUT2D eigenvalue weighted by Gasteiger charge is 2.31. The molecule has 104 heavy (non-hydrogen) atoms. The molecule has 3 rings (SSSR count). The molecule has 0 saturated carbocycles. The number of aliphatic hydroxyl groups is 1. The van der Waals surface area contributed by atoms with E-state index in [1.54, 1.807) is 62.3 Å². The van der Waals surface area contributed by atoms with Crippen molar-refractivity contribution in [2.45, 2.75) is 121 Å². The number of hydrogen-bond donors (Lipinski definition) is 4. The van der Waals surface area contributed by atoms with E-state index in [4.69, 9.17) is 76.2 Å². The molecular formula is C65H95BrN6O29S3. The predicted octanol–water partition coefficient (Wildman–Crippen LogP) is 9.38. The normalized spacial score (nSPS) is 11.8. The van der Waals surface area contributed by atoms with Crippen LogP contribution >= 0.6 is 51.2 Å². The average Bonchev–Trinajstić information content (AvgIpc) is 0.832. The van der Waals surface area contributed by atoms with Crippen molar-refractivity contribution in [2.24, 2.45) is 0 Å². The van der Waals surface area contributed by atoms with E-state index in [1.807, 2.05) is 0 Å². The van der Waals surface area contributed by atoms with Gasteiger partial charge in [-0.25, -0.2) is 33.6 Å². The van der Waals surface area contributed by atoms with Gasteiger partial charge in [0.1, 0.15) is 54.7 Å². The fourth-order valence-electron chi connectivity index (χ4n) is 7.74. The first-order chi connectivity index (χ1) is 48.8. The number of thioether (sulfide) groups is 3. The molecule has 0 bridgehead atoms. The van der Waals surface area contributed by atoms with Crippen molar-refractivity contribution >= 4 is 110 Å². The van der Waals surface area contributed by atoms with Crippen LogP contribution in [0.3, 0.4) is 0 Å². The highest BCUT2D eigenvalue weighted by atomic mass is 79.9. The van der Waals surface area contributed by atoms with Crippen LogP contribution in [0.5, 0.6) is 34.5 Å². The third kappa shape index (κ3) is 37.8.